The highest BCUT2D eigenvalue weighted by Crippen LogP contribution is 2.23. The van der Waals surface area contributed by atoms with Crippen molar-refractivity contribution in [3.8, 4) is 0 Å². The number of hydrogen-bond donors (Lipinski definition) is 2. The monoisotopic (exact) mass is 520 g/mol. The van der Waals surface area contributed by atoms with Gasteiger partial charge in [-0.15, -0.1) is 0 Å². The summed E-state index contributed by atoms with van der Waals surface area (Å²) in [5.74, 6) is -0.302. The number of amides is 2. The maximum Gasteiger partial charge on any atom is 0.270 e. The van der Waals surface area contributed by atoms with Crippen molar-refractivity contribution in [3.63, 3.8) is 0 Å². The topological polar surface area (TPSA) is 97.1 Å². The molecule has 2 aromatic carbocycles. The SMILES string of the molecule is CN(C)[C@@H]1CCN(C(=O)c2ccc(CO/C=C(\N)C(=O)NC3CCCC[C@@H]3OCc3ccccc3)cc2)C1. The Bertz CT molecular complexity index is 1090. The number of likely N-dealkylation sites (tertiary alicyclic amines) is 1. The Hall–Kier alpha value is -3.36. The molecule has 0 bridgehead atoms. The van der Waals surface area contributed by atoms with Gasteiger partial charge in [-0.2, -0.15) is 0 Å². The maximum absolute atomic E-state index is 12.8. The molecule has 8 nitrogen and oxygen atoms in total. The molecule has 3 atom stereocenters. The van der Waals surface area contributed by atoms with Crippen molar-refractivity contribution in [1.82, 2.24) is 15.1 Å². The lowest BCUT2D eigenvalue weighted by molar-refractivity contribution is -0.120. The molecule has 2 aliphatic rings. The van der Waals surface area contributed by atoms with E-state index in [2.05, 4.69) is 10.2 Å². The van der Waals surface area contributed by atoms with Gasteiger partial charge in [0.1, 0.15) is 18.6 Å². The molecule has 2 fully saturated rings. The van der Waals surface area contributed by atoms with Gasteiger partial charge in [0, 0.05) is 24.7 Å². The molecule has 2 amide bonds. The number of carbonyl (C=O) groups excluding carboxylic acids is 2. The van der Waals surface area contributed by atoms with E-state index < -0.39 is 0 Å². The minimum Gasteiger partial charge on any atom is -0.494 e. The molecule has 0 radical (unpaired) electrons. The number of benzene rings is 2. The number of carbonyl (C=O) groups is 2. The third-order valence-corrected chi connectivity index (χ3v) is 7.43. The van der Waals surface area contributed by atoms with Gasteiger partial charge in [-0.3, -0.25) is 9.59 Å². The van der Waals surface area contributed by atoms with Crippen LogP contribution in [-0.2, 0) is 27.5 Å². The molecular formula is C30H40N4O4. The summed E-state index contributed by atoms with van der Waals surface area (Å²) < 4.78 is 11.7. The molecule has 1 heterocycles. The van der Waals surface area contributed by atoms with E-state index in [4.69, 9.17) is 15.2 Å². The van der Waals surface area contributed by atoms with Crippen LogP contribution in [0.5, 0.6) is 0 Å². The predicted octanol–water partition coefficient (Wildman–Crippen LogP) is 3.42. The Morgan fingerprint density at radius 2 is 1.71 bits per heavy atom. The highest BCUT2D eigenvalue weighted by atomic mass is 16.5. The number of likely N-dealkylation sites (N-methyl/N-ethyl adjacent to an activating group) is 1. The highest BCUT2D eigenvalue weighted by Gasteiger charge is 2.29. The van der Waals surface area contributed by atoms with Crippen LogP contribution in [0.4, 0.5) is 0 Å². The second kappa shape index (κ2) is 13.4. The minimum absolute atomic E-state index is 0.0219. The zero-order chi connectivity index (χ0) is 26.9. The summed E-state index contributed by atoms with van der Waals surface area (Å²) in [5, 5.41) is 3.03. The summed E-state index contributed by atoms with van der Waals surface area (Å²) in [4.78, 5) is 29.6. The quantitative estimate of drug-likeness (QED) is 0.368. The fraction of sp³-hybridized carbons (Fsp3) is 0.467. The smallest absolute Gasteiger partial charge is 0.270 e. The van der Waals surface area contributed by atoms with Crippen molar-refractivity contribution in [2.24, 2.45) is 5.73 Å². The normalized spacial score (nSPS) is 21.9. The Balaban J connectivity index is 1.23. The van der Waals surface area contributed by atoms with Gasteiger partial charge in [0.25, 0.3) is 11.8 Å². The molecule has 0 spiro atoms. The van der Waals surface area contributed by atoms with E-state index in [1.165, 1.54) is 6.26 Å². The zero-order valence-electron chi connectivity index (χ0n) is 22.5. The molecule has 1 aliphatic carbocycles. The van der Waals surface area contributed by atoms with Crippen LogP contribution in [0.3, 0.4) is 0 Å². The van der Waals surface area contributed by atoms with Crippen LogP contribution in [-0.4, -0.2) is 67.0 Å². The van der Waals surface area contributed by atoms with Gasteiger partial charge in [0.2, 0.25) is 0 Å². The van der Waals surface area contributed by atoms with E-state index in [1.807, 2.05) is 73.6 Å². The Labute approximate surface area is 225 Å². The van der Waals surface area contributed by atoms with E-state index in [9.17, 15) is 9.59 Å². The van der Waals surface area contributed by atoms with Crippen molar-refractivity contribution >= 4 is 11.8 Å². The maximum atomic E-state index is 12.8. The van der Waals surface area contributed by atoms with Crippen molar-refractivity contribution in [2.45, 2.75) is 63.5 Å². The number of ether oxygens (including phenoxy) is 2. The fourth-order valence-corrected chi connectivity index (χ4v) is 5.05. The first-order valence-electron chi connectivity index (χ1n) is 13.5. The molecule has 3 N–H and O–H groups in total. The van der Waals surface area contributed by atoms with Gasteiger partial charge in [-0.05, 0) is 56.6 Å². The first kappa shape index (κ1) is 27.7. The predicted molar refractivity (Wildman–Crippen MR) is 147 cm³/mol. The van der Waals surface area contributed by atoms with Gasteiger partial charge in [0.15, 0.2) is 0 Å². The minimum atomic E-state index is -0.354. The standard InChI is InChI=1S/C30H40N4O4/c1-33(2)25-16-17-34(18-25)30(36)24-14-12-23(13-15-24)19-37-21-26(31)29(35)32-27-10-6-7-11-28(27)38-20-22-8-4-3-5-9-22/h3-5,8-9,12-15,21,25,27-28H,6-7,10-11,16-20,31H2,1-2H3,(H,32,35)/b26-21-/t25-,27?,28+/m1/s1. The summed E-state index contributed by atoms with van der Waals surface area (Å²) in [5.41, 5.74) is 8.69. The summed E-state index contributed by atoms with van der Waals surface area (Å²) >= 11 is 0. The molecule has 4 rings (SSSR count). The lowest BCUT2D eigenvalue weighted by Gasteiger charge is -2.32. The summed E-state index contributed by atoms with van der Waals surface area (Å²) in [7, 11) is 4.10. The van der Waals surface area contributed by atoms with Crippen LogP contribution in [0.25, 0.3) is 0 Å². The average Bonchev–Trinajstić information content (AvgIpc) is 3.44. The largest absolute Gasteiger partial charge is 0.494 e. The van der Waals surface area contributed by atoms with Gasteiger partial charge in [-0.1, -0.05) is 55.3 Å². The molecule has 1 saturated carbocycles. The number of hydrogen-bond acceptors (Lipinski definition) is 6. The molecule has 1 aliphatic heterocycles. The molecule has 204 valence electrons. The fourth-order valence-electron chi connectivity index (χ4n) is 5.05. The van der Waals surface area contributed by atoms with Crippen molar-refractivity contribution in [3.05, 3.63) is 83.2 Å². The summed E-state index contributed by atoms with van der Waals surface area (Å²) in [6.07, 6.45) is 6.14. The first-order valence-corrected chi connectivity index (χ1v) is 13.5. The highest BCUT2D eigenvalue weighted by molar-refractivity contribution is 5.94. The number of nitrogens with two attached hydrogens (primary N) is 1. The van der Waals surface area contributed by atoms with Gasteiger partial charge < -0.3 is 30.3 Å². The van der Waals surface area contributed by atoms with E-state index in [0.717, 1.165) is 56.3 Å². The average molecular weight is 521 g/mol. The molecular weight excluding hydrogens is 480 g/mol. The van der Waals surface area contributed by atoms with Crippen LogP contribution in [0.1, 0.15) is 53.6 Å². The summed E-state index contributed by atoms with van der Waals surface area (Å²) in [6, 6.07) is 17.7. The van der Waals surface area contributed by atoms with Gasteiger partial charge >= 0.3 is 0 Å². The van der Waals surface area contributed by atoms with E-state index in [1.54, 1.807) is 0 Å². The molecule has 0 aromatic heterocycles. The van der Waals surface area contributed by atoms with Crippen molar-refractivity contribution in [1.29, 1.82) is 0 Å². The van der Waals surface area contributed by atoms with E-state index in [-0.39, 0.29) is 36.3 Å². The van der Waals surface area contributed by atoms with Crippen LogP contribution in [0.2, 0.25) is 0 Å². The number of rotatable bonds is 10. The van der Waals surface area contributed by atoms with Gasteiger partial charge in [0.05, 0.1) is 18.8 Å². The second-order valence-corrected chi connectivity index (χ2v) is 10.4. The lowest BCUT2D eigenvalue weighted by Crippen LogP contribution is -2.47. The molecule has 1 unspecified atom stereocenters. The Morgan fingerprint density at radius 3 is 2.42 bits per heavy atom. The van der Waals surface area contributed by atoms with Crippen LogP contribution in [0, 0.1) is 0 Å². The molecule has 38 heavy (non-hydrogen) atoms. The third-order valence-electron chi connectivity index (χ3n) is 7.43. The number of nitrogens with one attached hydrogen (secondary N) is 1. The number of nitrogens with zero attached hydrogens (tertiary/aromatic N) is 2. The van der Waals surface area contributed by atoms with E-state index >= 15 is 0 Å². The van der Waals surface area contributed by atoms with Crippen molar-refractivity contribution < 1.29 is 19.1 Å². The lowest BCUT2D eigenvalue weighted by atomic mass is 9.92. The van der Waals surface area contributed by atoms with Crippen molar-refractivity contribution in [2.75, 3.05) is 27.2 Å². The van der Waals surface area contributed by atoms with Crippen LogP contribution < -0.4 is 11.1 Å². The zero-order valence-corrected chi connectivity index (χ0v) is 22.5. The van der Waals surface area contributed by atoms with E-state index in [0.29, 0.717) is 18.2 Å². The first-order chi connectivity index (χ1) is 18.4. The second-order valence-electron chi connectivity index (χ2n) is 10.4. The third kappa shape index (κ3) is 7.58. The molecule has 8 heteroatoms. The van der Waals surface area contributed by atoms with Gasteiger partial charge in [-0.25, -0.2) is 0 Å². The van der Waals surface area contributed by atoms with Crippen LogP contribution >= 0.6 is 0 Å². The Morgan fingerprint density at radius 1 is 1.00 bits per heavy atom. The summed E-state index contributed by atoms with van der Waals surface area (Å²) in [6.45, 7) is 2.30. The Kier molecular flexibility index (Phi) is 9.79. The molecule has 1 saturated heterocycles. The molecule has 2 aromatic rings. The van der Waals surface area contributed by atoms with Crippen LogP contribution in [0.15, 0.2) is 66.6 Å².